The second-order valence-corrected chi connectivity index (χ2v) is 13.7. The molecular formula is C29H38IN7O6. The minimum atomic E-state index is -0.600. The molecule has 5 heterocycles. The van der Waals surface area contributed by atoms with Crippen LogP contribution in [0.4, 0.5) is 10.6 Å². The number of rotatable bonds is 7. The van der Waals surface area contributed by atoms with Gasteiger partial charge in [0.1, 0.15) is 29.2 Å². The number of nitrogens with zero attached hydrogens (tertiary/aromatic N) is 6. The molecule has 3 aliphatic rings. The van der Waals surface area contributed by atoms with E-state index in [1.165, 1.54) is 6.92 Å². The third-order valence-corrected chi connectivity index (χ3v) is 9.26. The molecule has 1 aliphatic carbocycles. The van der Waals surface area contributed by atoms with Gasteiger partial charge in [-0.25, -0.2) is 19.4 Å². The van der Waals surface area contributed by atoms with Crippen molar-refractivity contribution in [2.75, 3.05) is 31.1 Å². The van der Waals surface area contributed by atoms with E-state index in [1.54, 1.807) is 0 Å². The molecule has 0 spiro atoms. The highest BCUT2D eigenvalue weighted by atomic mass is 127. The summed E-state index contributed by atoms with van der Waals surface area (Å²) in [5.74, 6) is 1.46. The number of carbonyl (C=O) groups is 2. The molecule has 3 aromatic rings. The van der Waals surface area contributed by atoms with Crippen LogP contribution in [-0.2, 0) is 31.0 Å². The highest BCUT2D eigenvalue weighted by molar-refractivity contribution is 14.1. The van der Waals surface area contributed by atoms with Gasteiger partial charge in [0.2, 0.25) is 0 Å². The van der Waals surface area contributed by atoms with Crippen LogP contribution in [0, 0.1) is 22.5 Å². The third kappa shape index (κ3) is 5.91. The number of halogens is 1. The molecule has 3 fully saturated rings. The zero-order chi connectivity index (χ0) is 30.5. The van der Waals surface area contributed by atoms with Gasteiger partial charge in [-0.2, -0.15) is 5.10 Å². The molecule has 4 atom stereocenters. The maximum atomic E-state index is 12.7. The number of piperidine rings is 1. The largest absolute Gasteiger partial charge is 0.459 e. The standard InChI is InChI=1S/C29H38IN7O6/c1-16-12-21(35-43-16)29(15-31-27(39)42-28(3,4)5)18-9-10-36(13-19(18)29)25-20(14-41-17(2)38)32-23-24(30)34-37(26(23)33-25)22-8-6-7-11-40-22/h12,18-19,22H,6-11,13-15H2,1-5H3,(H,31,39). The molecule has 0 aromatic carbocycles. The van der Waals surface area contributed by atoms with Crippen LogP contribution in [0.5, 0.6) is 0 Å². The number of ether oxygens (including phenoxy) is 3. The van der Waals surface area contributed by atoms with Gasteiger partial charge in [0.15, 0.2) is 21.4 Å². The maximum absolute atomic E-state index is 12.7. The molecule has 13 nitrogen and oxygen atoms in total. The molecule has 232 valence electrons. The van der Waals surface area contributed by atoms with E-state index in [0.29, 0.717) is 54.8 Å². The summed E-state index contributed by atoms with van der Waals surface area (Å²) in [4.78, 5) is 36.7. The average molecular weight is 708 g/mol. The summed E-state index contributed by atoms with van der Waals surface area (Å²) >= 11 is 2.17. The number of carbonyl (C=O) groups excluding carboxylic acids is 2. The summed E-state index contributed by atoms with van der Waals surface area (Å²) < 4.78 is 25.1. The Morgan fingerprint density at radius 1 is 1.21 bits per heavy atom. The van der Waals surface area contributed by atoms with Gasteiger partial charge < -0.3 is 29.0 Å². The minimum Gasteiger partial charge on any atom is -0.459 e. The molecule has 0 radical (unpaired) electrons. The van der Waals surface area contributed by atoms with Crippen LogP contribution in [0.1, 0.15) is 76.8 Å². The first-order valence-electron chi connectivity index (χ1n) is 14.8. The Kier molecular flexibility index (Phi) is 8.02. The lowest BCUT2D eigenvalue weighted by molar-refractivity contribution is -0.142. The number of aromatic nitrogens is 5. The fourth-order valence-corrected chi connectivity index (χ4v) is 7.19. The van der Waals surface area contributed by atoms with Crippen molar-refractivity contribution >= 4 is 51.6 Å². The number of amides is 1. The van der Waals surface area contributed by atoms with E-state index in [0.717, 1.165) is 40.8 Å². The van der Waals surface area contributed by atoms with Crippen molar-refractivity contribution in [3.63, 3.8) is 0 Å². The minimum absolute atomic E-state index is 0.00716. The van der Waals surface area contributed by atoms with E-state index in [4.69, 9.17) is 33.8 Å². The molecule has 0 bridgehead atoms. The summed E-state index contributed by atoms with van der Waals surface area (Å²) in [6, 6.07) is 1.96. The smallest absolute Gasteiger partial charge is 0.407 e. The van der Waals surface area contributed by atoms with Crippen LogP contribution >= 0.6 is 22.6 Å². The third-order valence-electron chi connectivity index (χ3n) is 8.53. The Hall–Kier alpha value is -3.01. The Balaban J connectivity index is 1.32. The van der Waals surface area contributed by atoms with Gasteiger partial charge in [-0.1, -0.05) is 5.16 Å². The molecule has 1 N–H and O–H groups in total. The lowest BCUT2D eigenvalue weighted by atomic mass is 9.96. The first-order valence-corrected chi connectivity index (χ1v) is 15.9. The number of anilines is 1. The first-order chi connectivity index (χ1) is 20.5. The molecule has 2 saturated heterocycles. The maximum Gasteiger partial charge on any atom is 0.407 e. The van der Waals surface area contributed by atoms with Gasteiger partial charge in [-0.05, 0) is 87.8 Å². The Labute approximate surface area is 263 Å². The number of hydrogen-bond donors (Lipinski definition) is 1. The van der Waals surface area contributed by atoms with Crippen molar-refractivity contribution < 1.29 is 28.3 Å². The van der Waals surface area contributed by atoms with E-state index in [9.17, 15) is 9.59 Å². The van der Waals surface area contributed by atoms with E-state index >= 15 is 0 Å². The van der Waals surface area contributed by atoms with Gasteiger partial charge in [0.25, 0.3) is 0 Å². The quantitative estimate of drug-likeness (QED) is 0.275. The van der Waals surface area contributed by atoms with Crippen LogP contribution in [-0.4, -0.2) is 68.8 Å². The first kappa shape index (κ1) is 30.0. The molecule has 43 heavy (non-hydrogen) atoms. The molecule has 3 aromatic heterocycles. The summed E-state index contributed by atoms with van der Waals surface area (Å²) in [6.45, 7) is 11.2. The summed E-state index contributed by atoms with van der Waals surface area (Å²) in [5, 5.41) is 12.1. The molecule has 4 unspecified atom stereocenters. The second-order valence-electron chi connectivity index (χ2n) is 12.7. The lowest BCUT2D eigenvalue weighted by Crippen LogP contribution is -2.38. The highest BCUT2D eigenvalue weighted by Crippen LogP contribution is 2.63. The Morgan fingerprint density at radius 3 is 2.70 bits per heavy atom. The topological polar surface area (TPSA) is 147 Å². The number of hydrogen-bond acceptors (Lipinski definition) is 11. The van der Waals surface area contributed by atoms with Crippen molar-refractivity contribution in [1.82, 2.24) is 30.2 Å². The molecular weight excluding hydrogens is 669 g/mol. The van der Waals surface area contributed by atoms with Crippen molar-refractivity contribution in [1.29, 1.82) is 0 Å². The van der Waals surface area contributed by atoms with E-state index in [1.807, 2.05) is 38.4 Å². The van der Waals surface area contributed by atoms with Crippen LogP contribution < -0.4 is 10.2 Å². The van der Waals surface area contributed by atoms with E-state index < -0.39 is 17.1 Å². The van der Waals surface area contributed by atoms with Crippen LogP contribution in [0.25, 0.3) is 11.2 Å². The summed E-state index contributed by atoms with van der Waals surface area (Å²) in [7, 11) is 0. The van der Waals surface area contributed by atoms with E-state index in [2.05, 4.69) is 38.0 Å². The SMILES string of the molecule is CC(=O)OCc1nc2c(I)nn(C3CCCCO3)c2nc1N1CCC2C(C1)C2(CNC(=O)OC(C)(C)C)c1cc(C)on1. The highest BCUT2D eigenvalue weighted by Gasteiger charge is 2.68. The van der Waals surface area contributed by atoms with Crippen LogP contribution in [0.15, 0.2) is 10.6 Å². The molecule has 6 rings (SSSR count). The van der Waals surface area contributed by atoms with E-state index in [-0.39, 0.29) is 24.7 Å². The van der Waals surface area contributed by atoms with Crippen LogP contribution in [0.3, 0.4) is 0 Å². The van der Waals surface area contributed by atoms with Crippen molar-refractivity contribution in [2.45, 2.75) is 84.2 Å². The fraction of sp³-hybridized carbons (Fsp3) is 0.655. The van der Waals surface area contributed by atoms with Gasteiger partial charge in [-0.3, -0.25) is 4.79 Å². The van der Waals surface area contributed by atoms with Crippen molar-refractivity contribution in [3.8, 4) is 0 Å². The van der Waals surface area contributed by atoms with Crippen LogP contribution in [0.2, 0.25) is 0 Å². The second kappa shape index (κ2) is 11.5. The number of fused-ring (bicyclic) bond motifs is 2. The van der Waals surface area contributed by atoms with Gasteiger partial charge in [0, 0.05) is 44.6 Å². The predicted molar refractivity (Wildman–Crippen MR) is 163 cm³/mol. The normalized spacial score (nSPS) is 25.3. The van der Waals surface area contributed by atoms with Gasteiger partial charge in [-0.15, -0.1) is 0 Å². The number of aryl methyl sites for hydroxylation is 1. The molecule has 1 saturated carbocycles. The van der Waals surface area contributed by atoms with Crippen molar-refractivity contribution in [2.24, 2.45) is 11.8 Å². The fourth-order valence-electron chi connectivity index (χ4n) is 6.60. The zero-order valence-corrected chi connectivity index (χ0v) is 27.3. The summed E-state index contributed by atoms with van der Waals surface area (Å²) in [6.07, 6.45) is 3.14. The average Bonchev–Trinajstić information content (AvgIpc) is 3.17. The molecule has 14 heteroatoms. The number of esters is 1. The molecule has 2 aliphatic heterocycles. The number of alkyl carbamates (subject to hydrolysis) is 1. The zero-order valence-electron chi connectivity index (χ0n) is 25.2. The molecule has 1 amide bonds. The lowest BCUT2D eigenvalue weighted by Gasteiger charge is -2.29. The van der Waals surface area contributed by atoms with Crippen molar-refractivity contribution in [3.05, 3.63) is 26.9 Å². The predicted octanol–water partition coefficient (Wildman–Crippen LogP) is 4.41. The van der Waals surface area contributed by atoms with Gasteiger partial charge >= 0.3 is 12.1 Å². The Morgan fingerprint density at radius 2 is 2.02 bits per heavy atom. The number of nitrogens with one attached hydrogen (secondary N) is 1. The summed E-state index contributed by atoms with van der Waals surface area (Å²) in [5.41, 5.74) is 1.73. The Bertz CT molecular complexity index is 1530. The van der Waals surface area contributed by atoms with Gasteiger partial charge in [0.05, 0.1) is 5.69 Å². The monoisotopic (exact) mass is 707 g/mol.